The van der Waals surface area contributed by atoms with Gasteiger partial charge in [0.05, 0.1) is 11.4 Å². The van der Waals surface area contributed by atoms with E-state index < -0.39 is 0 Å². The minimum Gasteiger partial charge on any atom is -0.456 e. The Morgan fingerprint density at radius 2 is 0.938 bits per heavy atom. The number of hydrogen-bond acceptors (Lipinski definition) is 4. The first-order chi connectivity index (χ1) is 23.9. The van der Waals surface area contributed by atoms with Crippen molar-refractivity contribution in [1.82, 2.24) is 0 Å². The maximum absolute atomic E-state index is 7.27. The summed E-state index contributed by atoms with van der Waals surface area (Å²) in [4.78, 5) is 7.57. The van der Waals surface area contributed by atoms with Crippen LogP contribution in [0.5, 0.6) is 11.5 Å². The molecule has 4 heterocycles. The highest BCUT2D eigenvalue weighted by Gasteiger charge is 2.50. The van der Waals surface area contributed by atoms with Gasteiger partial charge in [0.1, 0.15) is 11.5 Å². The molecule has 0 aliphatic carbocycles. The Morgan fingerprint density at radius 3 is 1.60 bits per heavy atom. The van der Waals surface area contributed by atoms with Crippen molar-refractivity contribution < 1.29 is 4.74 Å². The summed E-state index contributed by atoms with van der Waals surface area (Å²) >= 11 is 1.91. The maximum Gasteiger partial charge on any atom is 0.256 e. The van der Waals surface area contributed by atoms with Crippen LogP contribution in [0.2, 0.25) is 0 Å². The van der Waals surface area contributed by atoms with Crippen molar-refractivity contribution >= 4 is 92.1 Å². The van der Waals surface area contributed by atoms with Gasteiger partial charge >= 0.3 is 0 Å². The minimum atomic E-state index is 0.0173. The van der Waals surface area contributed by atoms with Crippen molar-refractivity contribution in [3.8, 4) is 11.5 Å². The molecule has 0 saturated heterocycles. The first kappa shape index (κ1) is 26.5. The second-order valence-corrected chi connectivity index (χ2v) is 13.8. The number of ether oxygens (including phenoxy) is 1. The van der Waals surface area contributed by atoms with Gasteiger partial charge in [-0.2, -0.15) is 0 Å². The van der Waals surface area contributed by atoms with E-state index in [9.17, 15) is 0 Å². The molecule has 4 aliphatic rings. The number of benzene rings is 7. The molecule has 0 bridgehead atoms. The smallest absolute Gasteiger partial charge is 0.256 e. The molecule has 0 aromatic heterocycles. The summed E-state index contributed by atoms with van der Waals surface area (Å²) in [6.45, 7) is 0.0721. The summed E-state index contributed by atoms with van der Waals surface area (Å²) in [5.74, 6) is 1.87. The molecule has 0 radical (unpaired) electrons. The lowest BCUT2D eigenvalue weighted by Gasteiger charge is -2.47. The summed E-state index contributed by atoms with van der Waals surface area (Å²) in [6, 6.07) is 57.2. The van der Waals surface area contributed by atoms with Gasteiger partial charge in [0.15, 0.2) is 0 Å². The molecule has 11 rings (SSSR count). The fourth-order valence-corrected chi connectivity index (χ4v) is 9.80. The molecule has 0 spiro atoms. The first-order valence-electron chi connectivity index (χ1n) is 16.5. The highest BCUT2D eigenvalue weighted by atomic mass is 32.2. The van der Waals surface area contributed by atoms with Crippen LogP contribution in [0.25, 0.3) is 0 Å². The molecule has 0 N–H and O–H groups in total. The first-order valence-corrected chi connectivity index (χ1v) is 17.3. The molecule has 222 valence electrons. The van der Waals surface area contributed by atoms with Crippen molar-refractivity contribution in [2.75, 3.05) is 9.80 Å². The van der Waals surface area contributed by atoms with Crippen molar-refractivity contribution in [3.63, 3.8) is 0 Å². The Morgan fingerprint density at radius 1 is 0.438 bits per heavy atom. The molecule has 0 unspecified atom stereocenters. The second kappa shape index (κ2) is 9.96. The predicted octanol–water partition coefficient (Wildman–Crippen LogP) is 6.86. The van der Waals surface area contributed by atoms with E-state index in [1.54, 1.807) is 0 Å². The highest BCUT2D eigenvalue weighted by Crippen LogP contribution is 2.53. The van der Waals surface area contributed by atoms with Crippen LogP contribution in [-0.4, -0.2) is 13.4 Å². The van der Waals surface area contributed by atoms with Crippen molar-refractivity contribution in [2.24, 2.45) is 0 Å². The predicted molar refractivity (Wildman–Crippen MR) is 202 cm³/mol. The number of nitrogens with zero attached hydrogens (tertiary/aromatic N) is 2. The number of fused-ring (bicyclic) bond motifs is 10. The molecule has 0 amide bonds. The lowest BCUT2D eigenvalue weighted by atomic mass is 9.31. The van der Waals surface area contributed by atoms with Crippen molar-refractivity contribution in [1.29, 1.82) is 0 Å². The van der Waals surface area contributed by atoms with Gasteiger partial charge in [0, 0.05) is 38.0 Å². The maximum atomic E-state index is 7.27. The average Bonchev–Trinajstić information content (AvgIpc) is 3.16. The Kier molecular flexibility index (Phi) is 5.50. The van der Waals surface area contributed by atoms with E-state index >= 15 is 0 Å². The SMILES string of the molecule is c1ccc(N2c3ccccc3B3c4ccccc4Sc4c3c2c2c3c4N(c4ccccc4)c4ccccc4B3c3ccccc3O2)cc1. The summed E-state index contributed by atoms with van der Waals surface area (Å²) in [5.41, 5.74) is 14.8. The number of anilines is 6. The molecule has 6 heteroatoms. The Labute approximate surface area is 284 Å². The van der Waals surface area contributed by atoms with Gasteiger partial charge < -0.3 is 14.5 Å². The van der Waals surface area contributed by atoms with Gasteiger partial charge in [-0.3, -0.25) is 0 Å². The summed E-state index contributed by atoms with van der Waals surface area (Å²) in [5, 5.41) is 0. The quantitative estimate of drug-likeness (QED) is 0.195. The van der Waals surface area contributed by atoms with Crippen LogP contribution >= 0.6 is 11.8 Å². The van der Waals surface area contributed by atoms with E-state index in [1.165, 1.54) is 59.6 Å². The highest BCUT2D eigenvalue weighted by molar-refractivity contribution is 8.00. The van der Waals surface area contributed by atoms with Gasteiger partial charge in [0.2, 0.25) is 6.71 Å². The van der Waals surface area contributed by atoms with Crippen LogP contribution in [0.4, 0.5) is 34.1 Å². The largest absolute Gasteiger partial charge is 0.456 e. The Bertz CT molecular complexity index is 2280. The summed E-state index contributed by atoms with van der Waals surface area (Å²) in [7, 11) is 0. The molecule has 0 fully saturated rings. The minimum absolute atomic E-state index is 0.0173. The zero-order valence-electron chi connectivity index (χ0n) is 25.9. The van der Waals surface area contributed by atoms with Gasteiger partial charge in [-0.15, -0.1) is 0 Å². The van der Waals surface area contributed by atoms with E-state index in [0.29, 0.717) is 0 Å². The Hall–Kier alpha value is -5.58. The lowest BCUT2D eigenvalue weighted by Crippen LogP contribution is -2.64. The third kappa shape index (κ3) is 3.48. The zero-order chi connectivity index (χ0) is 31.3. The number of rotatable bonds is 2. The normalized spacial score (nSPS) is 14.2. The second-order valence-electron chi connectivity index (χ2n) is 12.8. The van der Waals surface area contributed by atoms with Gasteiger partial charge in [-0.1, -0.05) is 126 Å². The van der Waals surface area contributed by atoms with Crippen LogP contribution in [-0.2, 0) is 0 Å². The monoisotopic (exact) mass is 628 g/mol. The topological polar surface area (TPSA) is 15.7 Å². The molecular weight excluding hydrogens is 602 g/mol. The van der Waals surface area contributed by atoms with Gasteiger partial charge in [-0.05, 0) is 70.4 Å². The third-order valence-corrected chi connectivity index (χ3v) is 11.6. The van der Waals surface area contributed by atoms with E-state index in [2.05, 4.69) is 168 Å². The number of para-hydroxylation sites is 5. The standard InChI is InChI=1S/C42H26B2N2OS/c1-3-15-27(16-4-1)45-33-23-11-8-20-30(33)44-32-22-10-14-26-36(32)48-42-38(44)39(45)41-37-40(42)46(28-17-5-2-6-18-28)34-24-12-7-19-29(34)43(37)31-21-9-13-25-35(31)47-41/h1-26H. The third-order valence-electron chi connectivity index (χ3n) is 10.3. The molecule has 0 atom stereocenters. The van der Waals surface area contributed by atoms with Crippen molar-refractivity contribution in [3.05, 3.63) is 158 Å². The zero-order valence-corrected chi connectivity index (χ0v) is 26.7. The van der Waals surface area contributed by atoms with E-state index in [-0.39, 0.29) is 13.4 Å². The van der Waals surface area contributed by atoms with E-state index in [1.807, 2.05) is 11.8 Å². The molecule has 4 aliphatic heterocycles. The number of hydrogen-bond donors (Lipinski definition) is 0. The summed E-state index contributed by atoms with van der Waals surface area (Å²) < 4.78 is 7.27. The van der Waals surface area contributed by atoms with Crippen LogP contribution in [0.1, 0.15) is 0 Å². The van der Waals surface area contributed by atoms with Gasteiger partial charge in [0.25, 0.3) is 6.71 Å². The van der Waals surface area contributed by atoms with Crippen LogP contribution in [0.15, 0.2) is 168 Å². The average molecular weight is 628 g/mol. The van der Waals surface area contributed by atoms with Crippen LogP contribution in [0, 0.1) is 0 Å². The van der Waals surface area contributed by atoms with Gasteiger partial charge in [-0.25, -0.2) is 0 Å². The fourth-order valence-electron chi connectivity index (χ4n) is 8.50. The fraction of sp³-hybridized carbons (Fsp3) is 0. The van der Waals surface area contributed by atoms with Crippen LogP contribution in [0.3, 0.4) is 0 Å². The molecule has 7 aromatic rings. The van der Waals surface area contributed by atoms with Crippen molar-refractivity contribution in [2.45, 2.75) is 9.79 Å². The summed E-state index contributed by atoms with van der Waals surface area (Å²) in [6.07, 6.45) is 0. The van der Waals surface area contributed by atoms with Crippen LogP contribution < -0.4 is 47.3 Å². The molecule has 3 nitrogen and oxygen atoms in total. The van der Waals surface area contributed by atoms with E-state index in [4.69, 9.17) is 4.74 Å². The lowest BCUT2D eigenvalue weighted by molar-refractivity contribution is 0.488. The molecule has 0 saturated carbocycles. The molecular formula is C42H26B2N2OS. The molecule has 48 heavy (non-hydrogen) atoms. The van der Waals surface area contributed by atoms with E-state index in [0.717, 1.165) is 28.6 Å². The Balaban J connectivity index is 1.35. The molecule has 7 aromatic carbocycles.